The molecular weight excluding hydrogens is 234 g/mol. The number of pyridine rings is 1. The van der Waals surface area contributed by atoms with Crippen LogP contribution in [0.2, 0.25) is 0 Å². The van der Waals surface area contributed by atoms with Gasteiger partial charge < -0.3 is 5.11 Å². The molecule has 1 aromatic carbocycles. The molecule has 0 radical (unpaired) electrons. The van der Waals surface area contributed by atoms with E-state index >= 15 is 0 Å². The lowest BCUT2D eigenvalue weighted by atomic mass is 9.85. The molecule has 0 spiro atoms. The highest BCUT2D eigenvalue weighted by Crippen LogP contribution is 2.33. The minimum atomic E-state index is -0.975. The van der Waals surface area contributed by atoms with Crippen molar-refractivity contribution in [3.8, 4) is 0 Å². The summed E-state index contributed by atoms with van der Waals surface area (Å²) < 4.78 is 0. The van der Waals surface area contributed by atoms with Gasteiger partial charge in [0.25, 0.3) is 0 Å². The second kappa shape index (κ2) is 6.48. The maximum Gasteiger partial charge on any atom is 0.131 e. The number of unbranched alkanes of at least 4 members (excludes halogenated alkanes) is 2. The monoisotopic (exact) mass is 255 g/mol. The lowest BCUT2D eigenvalue weighted by Crippen LogP contribution is -2.28. The lowest BCUT2D eigenvalue weighted by Gasteiger charge is -2.28. The third kappa shape index (κ3) is 3.21. The molecular formula is C17H21NO. The fraction of sp³-hybridized carbons (Fsp3) is 0.353. The maximum absolute atomic E-state index is 11.1. The summed E-state index contributed by atoms with van der Waals surface area (Å²) in [6, 6.07) is 15.5. The molecule has 0 aliphatic heterocycles. The van der Waals surface area contributed by atoms with Crippen molar-refractivity contribution in [2.75, 3.05) is 0 Å². The van der Waals surface area contributed by atoms with Crippen molar-refractivity contribution in [2.45, 2.75) is 38.2 Å². The van der Waals surface area contributed by atoms with Crippen molar-refractivity contribution in [1.82, 2.24) is 4.98 Å². The Labute approximate surface area is 115 Å². The zero-order valence-corrected chi connectivity index (χ0v) is 11.4. The number of aliphatic hydroxyl groups is 1. The van der Waals surface area contributed by atoms with E-state index in [1.165, 1.54) is 0 Å². The van der Waals surface area contributed by atoms with Crippen LogP contribution in [0.3, 0.4) is 0 Å². The third-order valence-electron chi connectivity index (χ3n) is 3.48. The second-order valence-electron chi connectivity index (χ2n) is 4.90. The first-order valence-corrected chi connectivity index (χ1v) is 6.97. The van der Waals surface area contributed by atoms with Crippen LogP contribution in [0.4, 0.5) is 0 Å². The van der Waals surface area contributed by atoms with Gasteiger partial charge in [-0.25, -0.2) is 0 Å². The van der Waals surface area contributed by atoms with Crippen molar-refractivity contribution in [3.63, 3.8) is 0 Å². The molecule has 1 unspecified atom stereocenters. The molecule has 0 bridgehead atoms. The fourth-order valence-corrected chi connectivity index (χ4v) is 2.37. The van der Waals surface area contributed by atoms with Gasteiger partial charge in [-0.2, -0.15) is 0 Å². The molecule has 2 aromatic rings. The van der Waals surface area contributed by atoms with Crippen LogP contribution in [0.5, 0.6) is 0 Å². The minimum Gasteiger partial charge on any atom is -0.379 e. The summed E-state index contributed by atoms with van der Waals surface area (Å²) in [5.74, 6) is 0. The minimum absolute atomic E-state index is 0.710. The van der Waals surface area contributed by atoms with Crippen molar-refractivity contribution < 1.29 is 5.11 Å². The molecule has 0 amide bonds. The number of aromatic nitrogens is 1. The zero-order valence-electron chi connectivity index (χ0n) is 11.4. The van der Waals surface area contributed by atoms with E-state index in [2.05, 4.69) is 11.9 Å². The molecule has 0 aliphatic carbocycles. The first-order valence-electron chi connectivity index (χ1n) is 6.97. The number of hydrogen-bond acceptors (Lipinski definition) is 2. The van der Waals surface area contributed by atoms with Crippen LogP contribution in [-0.4, -0.2) is 10.1 Å². The van der Waals surface area contributed by atoms with E-state index < -0.39 is 5.60 Å². The first-order chi connectivity index (χ1) is 9.27. The van der Waals surface area contributed by atoms with Gasteiger partial charge in [0.15, 0.2) is 0 Å². The highest BCUT2D eigenvalue weighted by Gasteiger charge is 2.31. The Morgan fingerprint density at radius 2 is 1.74 bits per heavy atom. The number of rotatable bonds is 6. The van der Waals surface area contributed by atoms with Crippen molar-refractivity contribution >= 4 is 0 Å². The molecule has 0 fully saturated rings. The second-order valence-corrected chi connectivity index (χ2v) is 4.90. The van der Waals surface area contributed by atoms with Crippen molar-refractivity contribution in [3.05, 3.63) is 66.0 Å². The topological polar surface area (TPSA) is 33.1 Å². The Morgan fingerprint density at radius 1 is 1.00 bits per heavy atom. The van der Waals surface area contributed by atoms with E-state index in [-0.39, 0.29) is 0 Å². The molecule has 2 nitrogen and oxygen atoms in total. The molecule has 1 N–H and O–H groups in total. The SMILES string of the molecule is CCCCCC(O)(c1ccccc1)c1ccccn1. The predicted molar refractivity (Wildman–Crippen MR) is 77.8 cm³/mol. The van der Waals surface area contributed by atoms with E-state index in [9.17, 15) is 5.11 Å². The van der Waals surface area contributed by atoms with Gasteiger partial charge in [0, 0.05) is 6.20 Å². The van der Waals surface area contributed by atoms with Gasteiger partial charge in [-0.15, -0.1) is 0 Å². The van der Waals surface area contributed by atoms with Crippen LogP contribution in [-0.2, 0) is 5.60 Å². The first kappa shape index (κ1) is 13.8. The summed E-state index contributed by atoms with van der Waals surface area (Å²) in [7, 11) is 0. The molecule has 2 heteroatoms. The van der Waals surface area contributed by atoms with Gasteiger partial charge in [-0.1, -0.05) is 56.2 Å². The predicted octanol–water partition coefficient (Wildman–Crippen LogP) is 3.90. The molecule has 1 heterocycles. The van der Waals surface area contributed by atoms with Gasteiger partial charge in [-0.05, 0) is 30.5 Å². The quantitative estimate of drug-likeness (QED) is 0.794. The highest BCUT2D eigenvalue weighted by atomic mass is 16.3. The average Bonchev–Trinajstić information content (AvgIpc) is 2.49. The number of benzene rings is 1. The summed E-state index contributed by atoms with van der Waals surface area (Å²) >= 11 is 0. The largest absolute Gasteiger partial charge is 0.379 e. The van der Waals surface area contributed by atoms with Crippen molar-refractivity contribution in [2.24, 2.45) is 0 Å². The molecule has 1 aromatic heterocycles. The van der Waals surface area contributed by atoms with Gasteiger partial charge in [0.05, 0.1) is 5.69 Å². The highest BCUT2D eigenvalue weighted by molar-refractivity contribution is 5.31. The Balaban J connectivity index is 2.33. The standard InChI is InChI=1S/C17H21NO/c1-2-3-8-13-17(19,15-10-5-4-6-11-15)16-12-7-9-14-18-16/h4-7,9-12,14,19H,2-3,8,13H2,1H3. The van der Waals surface area contributed by atoms with Crippen LogP contribution in [0, 0.1) is 0 Å². The molecule has 0 aliphatic rings. The summed E-state index contributed by atoms with van der Waals surface area (Å²) in [4.78, 5) is 4.36. The number of hydrogen-bond donors (Lipinski definition) is 1. The molecule has 1 atom stereocenters. The average molecular weight is 255 g/mol. The van der Waals surface area contributed by atoms with Crippen LogP contribution < -0.4 is 0 Å². The summed E-state index contributed by atoms with van der Waals surface area (Å²) in [5, 5.41) is 11.1. The van der Waals surface area contributed by atoms with Gasteiger partial charge >= 0.3 is 0 Å². The van der Waals surface area contributed by atoms with E-state index in [1.54, 1.807) is 6.20 Å². The molecule has 2 rings (SSSR count). The van der Waals surface area contributed by atoms with Crippen LogP contribution in [0.1, 0.15) is 43.9 Å². The lowest BCUT2D eigenvalue weighted by molar-refractivity contribution is 0.0635. The summed E-state index contributed by atoms with van der Waals surface area (Å²) in [5.41, 5.74) is 0.680. The van der Waals surface area contributed by atoms with Gasteiger partial charge in [0.2, 0.25) is 0 Å². The summed E-state index contributed by atoms with van der Waals surface area (Å²) in [6.45, 7) is 2.17. The van der Waals surface area contributed by atoms with Gasteiger partial charge in [0.1, 0.15) is 5.60 Å². The Morgan fingerprint density at radius 3 is 2.37 bits per heavy atom. The fourth-order valence-electron chi connectivity index (χ4n) is 2.37. The Bertz CT molecular complexity index is 442. The smallest absolute Gasteiger partial charge is 0.131 e. The van der Waals surface area contributed by atoms with Gasteiger partial charge in [-0.3, -0.25) is 4.98 Å². The number of nitrogens with zero attached hydrogens (tertiary/aromatic N) is 1. The zero-order chi connectivity index (χ0) is 13.6. The maximum atomic E-state index is 11.1. The van der Waals surface area contributed by atoms with Crippen LogP contribution >= 0.6 is 0 Å². The van der Waals surface area contributed by atoms with Crippen LogP contribution in [0.15, 0.2) is 54.7 Å². The van der Waals surface area contributed by atoms with Crippen LogP contribution in [0.25, 0.3) is 0 Å². The normalized spacial score (nSPS) is 14.0. The van der Waals surface area contributed by atoms with E-state index in [0.29, 0.717) is 6.42 Å². The van der Waals surface area contributed by atoms with Crippen molar-refractivity contribution in [1.29, 1.82) is 0 Å². The molecule has 0 saturated heterocycles. The van der Waals surface area contributed by atoms with E-state index in [0.717, 1.165) is 30.5 Å². The van der Waals surface area contributed by atoms with E-state index in [4.69, 9.17) is 0 Å². The third-order valence-corrected chi connectivity index (χ3v) is 3.48. The summed E-state index contributed by atoms with van der Waals surface area (Å²) in [6.07, 6.45) is 5.72. The Hall–Kier alpha value is -1.67. The Kier molecular flexibility index (Phi) is 4.69. The molecule has 19 heavy (non-hydrogen) atoms. The molecule has 0 saturated carbocycles. The van der Waals surface area contributed by atoms with E-state index in [1.807, 2.05) is 48.5 Å². The molecule has 100 valence electrons.